The Bertz CT molecular complexity index is 809. The Morgan fingerprint density at radius 2 is 2.00 bits per heavy atom. The van der Waals surface area contributed by atoms with Crippen LogP contribution in [0, 0.1) is 0 Å². The molecule has 1 fully saturated rings. The summed E-state index contributed by atoms with van der Waals surface area (Å²) < 4.78 is 5.46. The van der Waals surface area contributed by atoms with Gasteiger partial charge in [-0.1, -0.05) is 12.1 Å². The Labute approximate surface area is 162 Å². The van der Waals surface area contributed by atoms with Gasteiger partial charge in [0.1, 0.15) is 12.3 Å². The zero-order chi connectivity index (χ0) is 18.6. The molecule has 0 atom stereocenters. The van der Waals surface area contributed by atoms with Crippen molar-refractivity contribution in [3.63, 3.8) is 0 Å². The van der Waals surface area contributed by atoms with E-state index in [2.05, 4.69) is 21.7 Å². The number of hydrogen-bond donors (Lipinski definition) is 0. The minimum Gasteiger partial charge on any atom is -0.482 e. The Kier molecular flexibility index (Phi) is 5.40. The van der Waals surface area contributed by atoms with Crippen LogP contribution in [0.15, 0.2) is 41.1 Å². The quantitative estimate of drug-likeness (QED) is 0.810. The minimum absolute atomic E-state index is 0.00237. The molecule has 1 saturated heterocycles. The van der Waals surface area contributed by atoms with Crippen molar-refractivity contribution < 1.29 is 14.3 Å². The first-order valence-corrected chi connectivity index (χ1v) is 10.2. The molecule has 27 heavy (non-hydrogen) atoms. The van der Waals surface area contributed by atoms with Crippen LogP contribution in [0.25, 0.3) is 0 Å². The smallest absolute Gasteiger partial charge is 0.265 e. The molecule has 0 radical (unpaired) electrons. The maximum Gasteiger partial charge on any atom is 0.265 e. The average Bonchev–Trinajstić information content (AvgIpc) is 3.08. The van der Waals surface area contributed by atoms with E-state index in [1.165, 1.54) is 5.56 Å². The van der Waals surface area contributed by atoms with Gasteiger partial charge in [0.25, 0.3) is 5.91 Å². The molecule has 0 N–H and O–H groups in total. The summed E-state index contributed by atoms with van der Waals surface area (Å²) in [4.78, 5) is 31.0. The maximum absolute atomic E-state index is 12.9. The van der Waals surface area contributed by atoms with Crippen molar-refractivity contribution in [1.82, 2.24) is 9.80 Å². The van der Waals surface area contributed by atoms with E-state index in [4.69, 9.17) is 4.74 Å². The van der Waals surface area contributed by atoms with Crippen molar-refractivity contribution in [2.75, 3.05) is 44.2 Å². The Hall–Kier alpha value is -2.38. The molecule has 142 valence electrons. The first kappa shape index (κ1) is 18.0. The number of carbonyl (C=O) groups is 2. The lowest BCUT2D eigenvalue weighted by atomic mass is 10.2. The van der Waals surface area contributed by atoms with Crippen LogP contribution in [0.4, 0.5) is 5.69 Å². The molecule has 0 bridgehead atoms. The van der Waals surface area contributed by atoms with Gasteiger partial charge < -0.3 is 9.64 Å². The van der Waals surface area contributed by atoms with Gasteiger partial charge in [-0.05, 0) is 40.9 Å². The van der Waals surface area contributed by atoms with Crippen LogP contribution in [0.2, 0.25) is 0 Å². The number of nitrogens with zero attached hydrogens (tertiary/aromatic N) is 3. The van der Waals surface area contributed by atoms with Gasteiger partial charge in [-0.3, -0.25) is 19.4 Å². The summed E-state index contributed by atoms with van der Waals surface area (Å²) in [5.74, 6) is 0.482. The summed E-state index contributed by atoms with van der Waals surface area (Å²) in [6.45, 7) is 4.26. The SMILES string of the molecule is O=C(CN1C(=O)COc2ccccc21)N1CCCN(Cc2ccsc2)CC1. The van der Waals surface area contributed by atoms with E-state index in [0.717, 1.165) is 32.6 Å². The number of para-hydroxylation sites is 2. The van der Waals surface area contributed by atoms with E-state index < -0.39 is 0 Å². The van der Waals surface area contributed by atoms with E-state index >= 15 is 0 Å². The molecule has 2 amide bonds. The fourth-order valence-corrected chi connectivity index (χ4v) is 4.24. The highest BCUT2D eigenvalue weighted by Gasteiger charge is 2.29. The van der Waals surface area contributed by atoms with E-state index in [1.807, 2.05) is 29.2 Å². The van der Waals surface area contributed by atoms with Gasteiger partial charge in [0.05, 0.1) is 5.69 Å². The van der Waals surface area contributed by atoms with E-state index in [1.54, 1.807) is 16.2 Å². The number of rotatable bonds is 4. The number of anilines is 1. The highest BCUT2D eigenvalue weighted by atomic mass is 32.1. The summed E-state index contributed by atoms with van der Waals surface area (Å²) in [6, 6.07) is 9.52. The molecule has 2 aliphatic rings. The van der Waals surface area contributed by atoms with Gasteiger partial charge >= 0.3 is 0 Å². The second-order valence-corrected chi connectivity index (χ2v) is 7.66. The first-order valence-electron chi connectivity index (χ1n) is 9.24. The number of carbonyl (C=O) groups excluding carboxylic acids is 2. The van der Waals surface area contributed by atoms with E-state index in [0.29, 0.717) is 18.0 Å². The van der Waals surface area contributed by atoms with Gasteiger partial charge in [0.15, 0.2) is 6.61 Å². The second-order valence-electron chi connectivity index (χ2n) is 6.88. The van der Waals surface area contributed by atoms with Gasteiger partial charge in [-0.15, -0.1) is 0 Å². The predicted octanol–water partition coefficient (Wildman–Crippen LogP) is 2.21. The Balaban J connectivity index is 1.38. The molecule has 0 aliphatic carbocycles. The highest BCUT2D eigenvalue weighted by molar-refractivity contribution is 7.07. The standard InChI is InChI=1S/C20H23N3O3S/c24-19(13-23-17-4-1-2-5-18(17)26-14-20(23)25)22-8-3-7-21(9-10-22)12-16-6-11-27-15-16/h1-2,4-6,11,15H,3,7-10,12-14H2. The molecule has 4 rings (SSSR count). The van der Waals surface area contributed by atoms with Crippen LogP contribution < -0.4 is 9.64 Å². The van der Waals surface area contributed by atoms with Gasteiger partial charge in [-0.2, -0.15) is 11.3 Å². The monoisotopic (exact) mass is 385 g/mol. The summed E-state index contributed by atoms with van der Waals surface area (Å²) in [5, 5.41) is 4.27. The fraction of sp³-hybridized carbons (Fsp3) is 0.400. The predicted molar refractivity (Wildman–Crippen MR) is 105 cm³/mol. The normalized spacial score (nSPS) is 18.0. The molecule has 3 heterocycles. The molecule has 1 aromatic heterocycles. The molecular weight excluding hydrogens is 362 g/mol. The van der Waals surface area contributed by atoms with Crippen molar-refractivity contribution in [3.05, 3.63) is 46.7 Å². The second kappa shape index (κ2) is 8.10. The molecule has 1 aromatic carbocycles. The fourth-order valence-electron chi connectivity index (χ4n) is 3.58. The third-order valence-corrected chi connectivity index (χ3v) is 5.76. The Morgan fingerprint density at radius 3 is 2.85 bits per heavy atom. The largest absolute Gasteiger partial charge is 0.482 e. The number of ether oxygens (including phenoxy) is 1. The van der Waals surface area contributed by atoms with Crippen molar-refractivity contribution in [2.24, 2.45) is 0 Å². The van der Waals surface area contributed by atoms with Crippen molar-refractivity contribution in [3.8, 4) is 5.75 Å². The van der Waals surface area contributed by atoms with Crippen molar-refractivity contribution in [1.29, 1.82) is 0 Å². The van der Waals surface area contributed by atoms with E-state index in [9.17, 15) is 9.59 Å². The Morgan fingerprint density at radius 1 is 1.11 bits per heavy atom. The third kappa shape index (κ3) is 4.14. The lowest BCUT2D eigenvalue weighted by molar-refractivity contribution is -0.131. The van der Waals surface area contributed by atoms with Crippen molar-refractivity contribution in [2.45, 2.75) is 13.0 Å². The number of hydrogen-bond acceptors (Lipinski definition) is 5. The number of thiophene rings is 1. The summed E-state index contributed by atoms with van der Waals surface area (Å²) >= 11 is 1.71. The summed E-state index contributed by atoms with van der Waals surface area (Å²) in [5.41, 5.74) is 2.01. The van der Waals surface area contributed by atoms with Gasteiger partial charge in [0.2, 0.25) is 5.91 Å². The number of fused-ring (bicyclic) bond motifs is 1. The van der Waals surface area contributed by atoms with Crippen LogP contribution in [-0.4, -0.2) is 60.9 Å². The lowest BCUT2D eigenvalue weighted by Gasteiger charge is -2.31. The van der Waals surface area contributed by atoms with E-state index in [-0.39, 0.29) is 25.0 Å². The molecule has 0 spiro atoms. The maximum atomic E-state index is 12.9. The summed E-state index contributed by atoms with van der Waals surface area (Å²) in [6.07, 6.45) is 0.948. The zero-order valence-corrected chi connectivity index (χ0v) is 16.0. The first-order chi connectivity index (χ1) is 13.2. The molecular formula is C20H23N3O3S. The molecule has 0 saturated carbocycles. The van der Waals surface area contributed by atoms with Crippen LogP contribution in [-0.2, 0) is 16.1 Å². The lowest BCUT2D eigenvalue weighted by Crippen LogP contribution is -2.47. The molecule has 0 unspecified atom stereocenters. The highest BCUT2D eigenvalue weighted by Crippen LogP contribution is 2.31. The average molecular weight is 385 g/mol. The van der Waals surface area contributed by atoms with Crippen LogP contribution >= 0.6 is 11.3 Å². The van der Waals surface area contributed by atoms with Crippen LogP contribution in [0.5, 0.6) is 5.75 Å². The third-order valence-electron chi connectivity index (χ3n) is 5.03. The molecule has 6 nitrogen and oxygen atoms in total. The number of amides is 2. The summed E-state index contributed by atoms with van der Waals surface area (Å²) in [7, 11) is 0. The number of benzene rings is 1. The zero-order valence-electron chi connectivity index (χ0n) is 15.2. The minimum atomic E-state index is -0.170. The van der Waals surface area contributed by atoms with Crippen LogP contribution in [0.1, 0.15) is 12.0 Å². The van der Waals surface area contributed by atoms with Crippen LogP contribution in [0.3, 0.4) is 0 Å². The molecule has 2 aliphatic heterocycles. The topological polar surface area (TPSA) is 53.1 Å². The molecule has 7 heteroatoms. The van der Waals surface area contributed by atoms with Gasteiger partial charge in [-0.25, -0.2) is 0 Å². The van der Waals surface area contributed by atoms with Gasteiger partial charge in [0, 0.05) is 32.7 Å². The van der Waals surface area contributed by atoms with Crippen molar-refractivity contribution >= 4 is 28.8 Å². The molecule has 2 aromatic rings.